The van der Waals surface area contributed by atoms with Gasteiger partial charge in [0.05, 0.1) is 0 Å². The number of nitrogens with zero attached hydrogens (tertiary/aromatic N) is 1. The second-order valence-electron chi connectivity index (χ2n) is 4.46. The first kappa shape index (κ1) is 12.3. The minimum atomic E-state index is -0.799. The van der Waals surface area contributed by atoms with Gasteiger partial charge in [-0.3, -0.25) is 0 Å². The third kappa shape index (κ3) is 3.66. The molecule has 1 aromatic rings. The Morgan fingerprint density at radius 2 is 1.88 bits per heavy atom. The lowest BCUT2D eigenvalue weighted by Gasteiger charge is -2.14. The molecule has 0 spiro atoms. The number of rotatable bonds is 5. The molecule has 17 heavy (non-hydrogen) atoms. The van der Waals surface area contributed by atoms with E-state index in [2.05, 4.69) is 10.2 Å². The molecule has 1 aliphatic rings. The van der Waals surface area contributed by atoms with Crippen LogP contribution in [0.3, 0.4) is 0 Å². The van der Waals surface area contributed by atoms with Gasteiger partial charge in [0.15, 0.2) is 11.6 Å². The number of halogens is 2. The molecule has 0 unspecified atom stereocenters. The van der Waals surface area contributed by atoms with E-state index in [1.165, 1.54) is 32.0 Å². The fourth-order valence-electron chi connectivity index (χ4n) is 2.15. The van der Waals surface area contributed by atoms with Crippen molar-refractivity contribution in [3.63, 3.8) is 0 Å². The highest BCUT2D eigenvalue weighted by molar-refractivity contribution is 5.43. The second-order valence-corrected chi connectivity index (χ2v) is 4.46. The molecule has 4 heteroatoms. The van der Waals surface area contributed by atoms with Crippen molar-refractivity contribution < 1.29 is 8.78 Å². The molecule has 1 fully saturated rings. The Hall–Kier alpha value is -1.16. The van der Waals surface area contributed by atoms with Gasteiger partial charge in [0.2, 0.25) is 0 Å². The molecule has 2 rings (SSSR count). The number of nitrogens with one attached hydrogen (secondary N) is 1. The molecule has 0 bridgehead atoms. The Kier molecular flexibility index (Phi) is 4.31. The maximum Gasteiger partial charge on any atom is 0.160 e. The van der Waals surface area contributed by atoms with Crippen molar-refractivity contribution >= 4 is 5.69 Å². The largest absolute Gasteiger partial charge is 0.385 e. The first-order chi connectivity index (χ1) is 8.25. The summed E-state index contributed by atoms with van der Waals surface area (Å²) in [6.07, 6.45) is 3.63. The second kappa shape index (κ2) is 5.96. The van der Waals surface area contributed by atoms with E-state index in [1.54, 1.807) is 6.07 Å². The van der Waals surface area contributed by atoms with Gasteiger partial charge >= 0.3 is 0 Å². The van der Waals surface area contributed by atoms with Crippen LogP contribution in [0.15, 0.2) is 18.2 Å². The zero-order valence-electron chi connectivity index (χ0n) is 9.88. The van der Waals surface area contributed by atoms with Gasteiger partial charge in [0, 0.05) is 12.2 Å². The average Bonchev–Trinajstić information content (AvgIpc) is 2.82. The third-order valence-electron chi connectivity index (χ3n) is 3.10. The van der Waals surface area contributed by atoms with Crippen molar-refractivity contribution in [3.8, 4) is 0 Å². The summed E-state index contributed by atoms with van der Waals surface area (Å²) in [4.78, 5) is 2.44. The molecule has 0 amide bonds. The molecular formula is C13H18F2N2. The molecule has 1 saturated heterocycles. The normalized spacial score (nSPS) is 16.4. The summed E-state index contributed by atoms with van der Waals surface area (Å²) in [6, 6.07) is 3.91. The van der Waals surface area contributed by atoms with Gasteiger partial charge in [-0.15, -0.1) is 0 Å². The summed E-state index contributed by atoms with van der Waals surface area (Å²) < 4.78 is 25.6. The number of benzene rings is 1. The van der Waals surface area contributed by atoms with Gasteiger partial charge in [-0.1, -0.05) is 0 Å². The van der Waals surface area contributed by atoms with Gasteiger partial charge in [-0.25, -0.2) is 8.78 Å². The van der Waals surface area contributed by atoms with Crippen LogP contribution in [0.4, 0.5) is 14.5 Å². The van der Waals surface area contributed by atoms with E-state index in [1.807, 2.05) is 0 Å². The van der Waals surface area contributed by atoms with Crippen LogP contribution in [0.25, 0.3) is 0 Å². The van der Waals surface area contributed by atoms with Gasteiger partial charge in [0.25, 0.3) is 0 Å². The Labute approximate surface area is 101 Å². The molecule has 1 N–H and O–H groups in total. The number of likely N-dealkylation sites (tertiary alicyclic amines) is 1. The predicted molar refractivity (Wildman–Crippen MR) is 65.1 cm³/mol. The van der Waals surface area contributed by atoms with Crippen molar-refractivity contribution in [3.05, 3.63) is 29.8 Å². The topological polar surface area (TPSA) is 15.3 Å². The van der Waals surface area contributed by atoms with Crippen LogP contribution in [0.5, 0.6) is 0 Å². The molecule has 0 aliphatic carbocycles. The molecule has 0 atom stereocenters. The predicted octanol–water partition coefficient (Wildman–Crippen LogP) is 2.86. The van der Waals surface area contributed by atoms with E-state index in [-0.39, 0.29) is 0 Å². The summed E-state index contributed by atoms with van der Waals surface area (Å²) >= 11 is 0. The zero-order chi connectivity index (χ0) is 12.1. The van der Waals surface area contributed by atoms with Crippen LogP contribution in [0.1, 0.15) is 19.3 Å². The Morgan fingerprint density at radius 1 is 1.12 bits per heavy atom. The van der Waals surface area contributed by atoms with Gasteiger partial charge in [-0.2, -0.15) is 0 Å². The minimum Gasteiger partial charge on any atom is -0.385 e. The monoisotopic (exact) mass is 240 g/mol. The van der Waals surface area contributed by atoms with Crippen molar-refractivity contribution in [1.82, 2.24) is 4.90 Å². The summed E-state index contributed by atoms with van der Waals surface area (Å²) in [5, 5.41) is 3.10. The molecule has 1 aliphatic heterocycles. The fourth-order valence-corrected chi connectivity index (χ4v) is 2.15. The van der Waals surface area contributed by atoms with Crippen LogP contribution in [0.2, 0.25) is 0 Å². The quantitative estimate of drug-likeness (QED) is 0.796. The summed E-state index contributed by atoms with van der Waals surface area (Å²) in [5.74, 6) is -1.60. The van der Waals surface area contributed by atoms with E-state index in [0.29, 0.717) is 5.69 Å². The van der Waals surface area contributed by atoms with Gasteiger partial charge in [-0.05, 0) is 57.1 Å². The maximum atomic E-state index is 12.9. The van der Waals surface area contributed by atoms with E-state index < -0.39 is 11.6 Å². The van der Waals surface area contributed by atoms with Crippen molar-refractivity contribution in [2.45, 2.75) is 19.3 Å². The highest BCUT2D eigenvalue weighted by Crippen LogP contribution is 2.13. The summed E-state index contributed by atoms with van der Waals surface area (Å²) in [5.41, 5.74) is 0.644. The molecular weight excluding hydrogens is 222 g/mol. The van der Waals surface area contributed by atoms with Crippen molar-refractivity contribution in [2.24, 2.45) is 0 Å². The first-order valence-corrected chi connectivity index (χ1v) is 6.17. The summed E-state index contributed by atoms with van der Waals surface area (Å²) in [7, 11) is 0. The highest BCUT2D eigenvalue weighted by Gasteiger charge is 2.10. The third-order valence-corrected chi connectivity index (χ3v) is 3.10. The Bertz CT molecular complexity index is 362. The lowest BCUT2D eigenvalue weighted by atomic mass is 10.3. The van der Waals surface area contributed by atoms with Crippen LogP contribution >= 0.6 is 0 Å². The smallest absolute Gasteiger partial charge is 0.160 e. The Morgan fingerprint density at radius 3 is 2.59 bits per heavy atom. The Balaban J connectivity index is 1.68. The van der Waals surface area contributed by atoms with E-state index in [9.17, 15) is 8.78 Å². The molecule has 1 heterocycles. The fraction of sp³-hybridized carbons (Fsp3) is 0.538. The molecule has 0 aromatic heterocycles. The van der Waals surface area contributed by atoms with Crippen LogP contribution in [-0.4, -0.2) is 31.1 Å². The lowest BCUT2D eigenvalue weighted by Crippen LogP contribution is -2.22. The number of anilines is 1. The van der Waals surface area contributed by atoms with E-state index in [0.717, 1.165) is 25.6 Å². The lowest BCUT2D eigenvalue weighted by molar-refractivity contribution is 0.337. The van der Waals surface area contributed by atoms with E-state index >= 15 is 0 Å². The molecule has 1 aromatic carbocycles. The molecule has 94 valence electrons. The molecule has 2 nitrogen and oxygen atoms in total. The van der Waals surface area contributed by atoms with Crippen LogP contribution in [0, 0.1) is 11.6 Å². The van der Waals surface area contributed by atoms with Crippen molar-refractivity contribution in [2.75, 3.05) is 31.5 Å². The SMILES string of the molecule is Fc1ccc(NCCCN2CCCC2)cc1F. The first-order valence-electron chi connectivity index (χ1n) is 6.17. The number of hydrogen-bond donors (Lipinski definition) is 1. The molecule has 0 saturated carbocycles. The highest BCUT2D eigenvalue weighted by atomic mass is 19.2. The van der Waals surface area contributed by atoms with Gasteiger partial charge < -0.3 is 10.2 Å². The molecule has 0 radical (unpaired) electrons. The van der Waals surface area contributed by atoms with Gasteiger partial charge in [0.1, 0.15) is 0 Å². The standard InChI is InChI=1S/C13H18F2N2/c14-12-5-4-11(10-13(12)15)16-6-3-9-17-7-1-2-8-17/h4-5,10,16H,1-3,6-9H2. The van der Waals surface area contributed by atoms with Crippen molar-refractivity contribution in [1.29, 1.82) is 0 Å². The summed E-state index contributed by atoms with van der Waals surface area (Å²) in [6.45, 7) is 4.27. The average molecular weight is 240 g/mol. The number of hydrogen-bond acceptors (Lipinski definition) is 2. The minimum absolute atomic E-state index is 0.644. The zero-order valence-corrected chi connectivity index (χ0v) is 9.88. The van der Waals surface area contributed by atoms with Crippen LogP contribution in [-0.2, 0) is 0 Å². The maximum absolute atomic E-state index is 12.9. The van der Waals surface area contributed by atoms with E-state index in [4.69, 9.17) is 0 Å². The van der Waals surface area contributed by atoms with Crippen LogP contribution < -0.4 is 5.32 Å².